The van der Waals surface area contributed by atoms with Gasteiger partial charge >= 0.3 is 5.97 Å². The molecule has 0 atom stereocenters. The van der Waals surface area contributed by atoms with E-state index in [1.807, 2.05) is 6.08 Å². The van der Waals surface area contributed by atoms with Crippen molar-refractivity contribution in [3.63, 3.8) is 0 Å². The van der Waals surface area contributed by atoms with Crippen LogP contribution in [0.4, 0.5) is 0 Å². The first-order chi connectivity index (χ1) is 10.3. The van der Waals surface area contributed by atoms with Crippen LogP contribution in [-0.2, 0) is 14.3 Å². The van der Waals surface area contributed by atoms with E-state index in [0.717, 1.165) is 44.8 Å². The lowest BCUT2D eigenvalue weighted by atomic mass is 10.1. The van der Waals surface area contributed by atoms with Gasteiger partial charge in [-0.1, -0.05) is 57.6 Å². The Morgan fingerprint density at radius 2 is 1.52 bits per heavy atom. The summed E-state index contributed by atoms with van der Waals surface area (Å²) >= 11 is 0. The Labute approximate surface area is 130 Å². The van der Waals surface area contributed by atoms with Gasteiger partial charge in [-0.05, 0) is 25.7 Å². The van der Waals surface area contributed by atoms with Crippen LogP contribution < -0.4 is 0 Å². The van der Waals surface area contributed by atoms with Gasteiger partial charge in [0.05, 0.1) is 0 Å². The van der Waals surface area contributed by atoms with Crippen LogP contribution in [0.15, 0.2) is 12.2 Å². The number of esters is 1. The van der Waals surface area contributed by atoms with Gasteiger partial charge in [-0.2, -0.15) is 0 Å². The van der Waals surface area contributed by atoms with Gasteiger partial charge in [-0.15, -0.1) is 0 Å². The zero-order valence-electron chi connectivity index (χ0n) is 13.6. The van der Waals surface area contributed by atoms with Crippen LogP contribution in [0.25, 0.3) is 0 Å². The van der Waals surface area contributed by atoms with E-state index < -0.39 is 0 Å². The number of aldehydes is 1. The minimum absolute atomic E-state index is 0.0986. The van der Waals surface area contributed by atoms with Gasteiger partial charge in [-0.3, -0.25) is 4.79 Å². The lowest BCUT2D eigenvalue weighted by molar-refractivity contribution is -0.142. The van der Waals surface area contributed by atoms with Gasteiger partial charge in [0.15, 0.2) is 0 Å². The maximum absolute atomic E-state index is 11.4. The van der Waals surface area contributed by atoms with Crippen LogP contribution in [0.5, 0.6) is 0 Å². The van der Waals surface area contributed by atoms with Gasteiger partial charge in [0, 0.05) is 12.8 Å². The highest BCUT2D eigenvalue weighted by Gasteiger charge is 2.00. The van der Waals surface area contributed by atoms with Crippen molar-refractivity contribution in [2.45, 2.75) is 84.0 Å². The topological polar surface area (TPSA) is 43.4 Å². The van der Waals surface area contributed by atoms with Crippen molar-refractivity contribution in [2.75, 3.05) is 6.61 Å². The molecular weight excluding hydrogens is 264 g/mol. The van der Waals surface area contributed by atoms with E-state index >= 15 is 0 Å². The predicted molar refractivity (Wildman–Crippen MR) is 87.2 cm³/mol. The van der Waals surface area contributed by atoms with Crippen molar-refractivity contribution in [3.8, 4) is 0 Å². The quantitative estimate of drug-likeness (QED) is 0.185. The molecule has 0 aromatic heterocycles. The highest BCUT2D eigenvalue weighted by atomic mass is 16.5. The third-order valence-corrected chi connectivity index (χ3v) is 3.43. The fourth-order valence-corrected chi connectivity index (χ4v) is 2.12. The summed E-state index contributed by atoms with van der Waals surface area (Å²) in [5.41, 5.74) is 0. The van der Waals surface area contributed by atoms with Gasteiger partial charge in [0.1, 0.15) is 12.9 Å². The molecule has 0 amide bonds. The molecule has 0 saturated heterocycles. The number of unbranched alkanes of at least 4 members (excludes halogenated alkanes) is 9. The summed E-state index contributed by atoms with van der Waals surface area (Å²) in [6.07, 6.45) is 17.4. The average molecular weight is 296 g/mol. The van der Waals surface area contributed by atoms with E-state index in [-0.39, 0.29) is 5.97 Å². The Balaban J connectivity index is 3.26. The Bertz CT molecular complexity index is 272. The van der Waals surface area contributed by atoms with Gasteiger partial charge in [0.2, 0.25) is 0 Å². The first kappa shape index (κ1) is 19.9. The Hall–Kier alpha value is -1.12. The average Bonchev–Trinajstić information content (AvgIpc) is 2.49. The number of allylic oxidation sites excluding steroid dienone is 1. The zero-order valence-corrected chi connectivity index (χ0v) is 13.6. The second-order valence-corrected chi connectivity index (χ2v) is 5.48. The van der Waals surface area contributed by atoms with Crippen LogP contribution in [0.1, 0.15) is 84.0 Å². The monoisotopic (exact) mass is 296 g/mol. The summed E-state index contributed by atoms with van der Waals surface area (Å²) < 4.78 is 5.14. The molecule has 0 aliphatic rings. The zero-order chi connectivity index (χ0) is 15.6. The first-order valence-corrected chi connectivity index (χ1v) is 8.55. The molecule has 0 aliphatic heterocycles. The molecule has 0 aromatic carbocycles. The molecule has 0 spiro atoms. The molecule has 0 radical (unpaired) electrons. The van der Waals surface area contributed by atoms with Crippen molar-refractivity contribution >= 4 is 12.3 Å². The number of carbonyl (C=O) groups is 2. The second kappa shape index (κ2) is 16.9. The van der Waals surface area contributed by atoms with Crippen molar-refractivity contribution in [1.29, 1.82) is 0 Å². The Kier molecular flexibility index (Phi) is 16.0. The molecule has 3 heteroatoms. The van der Waals surface area contributed by atoms with Crippen molar-refractivity contribution in [1.82, 2.24) is 0 Å². The minimum Gasteiger partial charge on any atom is -0.461 e. The number of ether oxygens (including phenoxy) is 1. The molecule has 0 heterocycles. The van der Waals surface area contributed by atoms with Gasteiger partial charge < -0.3 is 9.53 Å². The SMILES string of the molecule is CCCCCC/C=C\COC(=O)CCCCCCCC=O. The normalized spacial score (nSPS) is 10.9. The lowest BCUT2D eigenvalue weighted by Gasteiger charge is -2.02. The van der Waals surface area contributed by atoms with E-state index in [1.165, 1.54) is 25.7 Å². The molecule has 3 nitrogen and oxygen atoms in total. The molecule has 0 unspecified atom stereocenters. The van der Waals surface area contributed by atoms with Gasteiger partial charge in [-0.25, -0.2) is 0 Å². The smallest absolute Gasteiger partial charge is 0.306 e. The molecule has 0 aliphatic carbocycles. The molecule has 0 N–H and O–H groups in total. The summed E-state index contributed by atoms with van der Waals surface area (Å²) in [6.45, 7) is 2.62. The largest absolute Gasteiger partial charge is 0.461 e. The summed E-state index contributed by atoms with van der Waals surface area (Å²) in [5.74, 6) is -0.0986. The maximum atomic E-state index is 11.4. The summed E-state index contributed by atoms with van der Waals surface area (Å²) in [7, 11) is 0. The fourth-order valence-electron chi connectivity index (χ4n) is 2.12. The molecule has 0 saturated carbocycles. The lowest BCUT2D eigenvalue weighted by Crippen LogP contribution is -2.03. The third-order valence-electron chi connectivity index (χ3n) is 3.43. The summed E-state index contributed by atoms with van der Waals surface area (Å²) in [6, 6.07) is 0. The first-order valence-electron chi connectivity index (χ1n) is 8.55. The van der Waals surface area contributed by atoms with Crippen LogP contribution in [0.3, 0.4) is 0 Å². The molecule has 0 bridgehead atoms. The summed E-state index contributed by atoms with van der Waals surface area (Å²) in [5, 5.41) is 0. The molecule has 0 aromatic rings. The van der Waals surface area contributed by atoms with Crippen LogP contribution in [0.2, 0.25) is 0 Å². The fraction of sp³-hybridized carbons (Fsp3) is 0.778. The van der Waals surface area contributed by atoms with E-state index in [9.17, 15) is 9.59 Å². The van der Waals surface area contributed by atoms with E-state index in [2.05, 4.69) is 13.0 Å². The van der Waals surface area contributed by atoms with Crippen molar-refractivity contribution < 1.29 is 14.3 Å². The third kappa shape index (κ3) is 16.8. The molecule has 0 fully saturated rings. The van der Waals surface area contributed by atoms with Crippen LogP contribution >= 0.6 is 0 Å². The Morgan fingerprint density at radius 1 is 0.857 bits per heavy atom. The Morgan fingerprint density at radius 3 is 2.29 bits per heavy atom. The number of rotatable bonds is 15. The summed E-state index contributed by atoms with van der Waals surface area (Å²) in [4.78, 5) is 21.6. The minimum atomic E-state index is -0.0986. The van der Waals surface area contributed by atoms with E-state index in [4.69, 9.17) is 4.74 Å². The van der Waals surface area contributed by atoms with Gasteiger partial charge in [0.25, 0.3) is 0 Å². The van der Waals surface area contributed by atoms with Crippen LogP contribution in [-0.4, -0.2) is 18.9 Å². The highest BCUT2D eigenvalue weighted by Crippen LogP contribution is 2.07. The molecule has 0 rings (SSSR count). The molecule has 21 heavy (non-hydrogen) atoms. The molecular formula is C18H32O3. The number of hydrogen-bond acceptors (Lipinski definition) is 3. The van der Waals surface area contributed by atoms with Crippen LogP contribution in [0, 0.1) is 0 Å². The second-order valence-electron chi connectivity index (χ2n) is 5.48. The van der Waals surface area contributed by atoms with E-state index in [0.29, 0.717) is 19.4 Å². The highest BCUT2D eigenvalue weighted by molar-refractivity contribution is 5.69. The molecule has 122 valence electrons. The maximum Gasteiger partial charge on any atom is 0.306 e. The predicted octanol–water partition coefficient (Wildman–Crippen LogP) is 4.99. The number of carbonyl (C=O) groups excluding carboxylic acids is 2. The van der Waals surface area contributed by atoms with Crippen molar-refractivity contribution in [2.24, 2.45) is 0 Å². The standard InChI is InChI=1S/C18H32O3/c1-2-3-4-5-8-11-14-17-21-18(20)15-12-9-6-7-10-13-16-19/h11,14,16H,2-10,12-13,15,17H2,1H3/b14-11-. The number of hydrogen-bond donors (Lipinski definition) is 0. The van der Waals surface area contributed by atoms with Crippen molar-refractivity contribution in [3.05, 3.63) is 12.2 Å². The van der Waals surface area contributed by atoms with E-state index in [1.54, 1.807) is 0 Å².